The Morgan fingerprint density at radius 3 is 2.83 bits per heavy atom. The third kappa shape index (κ3) is 1.80. The second-order valence-corrected chi connectivity index (χ2v) is 4.85. The predicted molar refractivity (Wildman–Crippen MR) is 70.2 cm³/mol. The minimum atomic E-state index is -0.420. The van der Waals surface area contributed by atoms with Crippen molar-refractivity contribution in [1.82, 2.24) is 5.32 Å². The number of hydrogen-bond donors (Lipinski definition) is 2. The number of fused-ring (bicyclic) bond motifs is 1. The number of hydrogen-bond acceptors (Lipinski definition) is 4. The van der Waals surface area contributed by atoms with Gasteiger partial charge in [0.25, 0.3) is 5.91 Å². The molecule has 3 rings (SSSR count). The van der Waals surface area contributed by atoms with Crippen molar-refractivity contribution in [1.29, 1.82) is 0 Å². The van der Waals surface area contributed by atoms with Gasteiger partial charge in [-0.15, -0.1) is 0 Å². The first kappa shape index (κ1) is 11.3. The molecule has 1 amide bonds. The molecule has 5 nitrogen and oxygen atoms in total. The molecule has 2 aliphatic heterocycles. The van der Waals surface area contributed by atoms with Gasteiger partial charge in [-0.1, -0.05) is 0 Å². The fourth-order valence-corrected chi connectivity index (χ4v) is 2.17. The summed E-state index contributed by atoms with van der Waals surface area (Å²) in [6, 6.07) is 6.45. The van der Waals surface area contributed by atoms with Crippen molar-refractivity contribution >= 4 is 17.3 Å². The summed E-state index contributed by atoms with van der Waals surface area (Å²) in [5.74, 6) is 0.651. The summed E-state index contributed by atoms with van der Waals surface area (Å²) in [7, 11) is 2.07. The molecule has 0 radical (unpaired) electrons. The maximum absolute atomic E-state index is 11.6. The van der Waals surface area contributed by atoms with Gasteiger partial charge in [0.15, 0.2) is 6.10 Å². The number of benzene rings is 1. The molecule has 1 aromatic carbocycles. The SMILES string of the molecule is CC1Oc2ccc(N(C)C3CNC3)cc2NC1=O. The monoisotopic (exact) mass is 247 g/mol. The highest BCUT2D eigenvalue weighted by atomic mass is 16.5. The zero-order valence-corrected chi connectivity index (χ0v) is 10.6. The van der Waals surface area contributed by atoms with E-state index in [1.165, 1.54) is 0 Å². The maximum Gasteiger partial charge on any atom is 0.265 e. The lowest BCUT2D eigenvalue weighted by molar-refractivity contribution is -0.122. The van der Waals surface area contributed by atoms with Crippen LogP contribution >= 0.6 is 0 Å². The van der Waals surface area contributed by atoms with Gasteiger partial charge >= 0.3 is 0 Å². The van der Waals surface area contributed by atoms with E-state index >= 15 is 0 Å². The van der Waals surface area contributed by atoms with Crippen molar-refractivity contribution in [3.63, 3.8) is 0 Å². The van der Waals surface area contributed by atoms with Crippen LogP contribution in [0, 0.1) is 0 Å². The number of ether oxygens (including phenoxy) is 1. The molecular formula is C13H17N3O2. The molecule has 2 N–H and O–H groups in total. The van der Waals surface area contributed by atoms with Crippen molar-refractivity contribution in [2.45, 2.75) is 19.1 Å². The van der Waals surface area contributed by atoms with Gasteiger partial charge in [-0.2, -0.15) is 0 Å². The first-order valence-corrected chi connectivity index (χ1v) is 6.20. The van der Waals surface area contributed by atoms with Crippen molar-refractivity contribution in [3.8, 4) is 5.75 Å². The number of carbonyl (C=O) groups is 1. The predicted octanol–water partition coefficient (Wildman–Crippen LogP) is 0.814. The highest BCUT2D eigenvalue weighted by Gasteiger charge is 2.26. The van der Waals surface area contributed by atoms with E-state index in [1.807, 2.05) is 18.2 Å². The lowest BCUT2D eigenvalue weighted by atomic mass is 10.1. The van der Waals surface area contributed by atoms with Crippen LogP contribution in [-0.2, 0) is 4.79 Å². The van der Waals surface area contributed by atoms with Crippen LogP contribution in [0.3, 0.4) is 0 Å². The summed E-state index contributed by atoms with van der Waals surface area (Å²) in [5, 5.41) is 6.12. The Hall–Kier alpha value is -1.75. The summed E-state index contributed by atoms with van der Waals surface area (Å²) in [6.07, 6.45) is -0.420. The third-order valence-electron chi connectivity index (χ3n) is 3.61. The molecule has 1 aromatic rings. The van der Waals surface area contributed by atoms with Crippen molar-refractivity contribution in [3.05, 3.63) is 18.2 Å². The molecule has 1 atom stereocenters. The van der Waals surface area contributed by atoms with E-state index in [4.69, 9.17) is 4.74 Å². The molecule has 5 heteroatoms. The minimum absolute atomic E-state index is 0.0902. The van der Waals surface area contributed by atoms with Gasteiger partial charge in [0.1, 0.15) is 5.75 Å². The highest BCUT2D eigenvalue weighted by molar-refractivity contribution is 5.98. The van der Waals surface area contributed by atoms with Crippen LogP contribution in [0.5, 0.6) is 5.75 Å². The molecule has 2 heterocycles. The minimum Gasteiger partial charge on any atom is -0.479 e. The van der Waals surface area contributed by atoms with Gasteiger partial charge in [0, 0.05) is 25.8 Å². The van der Waals surface area contributed by atoms with Gasteiger partial charge in [-0.3, -0.25) is 4.79 Å². The molecule has 96 valence electrons. The van der Waals surface area contributed by atoms with Gasteiger partial charge in [-0.25, -0.2) is 0 Å². The molecular weight excluding hydrogens is 230 g/mol. The van der Waals surface area contributed by atoms with Crippen LogP contribution in [0.4, 0.5) is 11.4 Å². The lowest BCUT2D eigenvalue weighted by Crippen LogP contribution is -2.56. The Labute approximate surface area is 106 Å². The molecule has 0 aliphatic carbocycles. The van der Waals surface area contributed by atoms with Gasteiger partial charge in [0.2, 0.25) is 0 Å². The van der Waals surface area contributed by atoms with Crippen molar-refractivity contribution in [2.75, 3.05) is 30.4 Å². The summed E-state index contributed by atoms with van der Waals surface area (Å²) in [4.78, 5) is 13.8. The number of nitrogens with one attached hydrogen (secondary N) is 2. The zero-order valence-electron chi connectivity index (χ0n) is 10.6. The average Bonchev–Trinajstić information content (AvgIpc) is 2.27. The van der Waals surface area contributed by atoms with Gasteiger partial charge < -0.3 is 20.3 Å². The standard InChI is InChI=1S/C13H17N3O2/c1-8-13(17)15-11-5-9(3-4-12(11)18-8)16(2)10-6-14-7-10/h3-5,8,10,14H,6-7H2,1-2H3,(H,15,17). The first-order chi connectivity index (χ1) is 8.65. The Morgan fingerprint density at radius 2 is 2.17 bits per heavy atom. The second kappa shape index (κ2) is 4.17. The number of rotatable bonds is 2. The Bertz CT molecular complexity index is 485. The number of likely N-dealkylation sites (N-methyl/N-ethyl adjacent to an activating group) is 1. The molecule has 0 spiro atoms. The molecule has 18 heavy (non-hydrogen) atoms. The molecule has 0 aromatic heterocycles. The van der Waals surface area contributed by atoms with E-state index in [0.717, 1.165) is 30.2 Å². The van der Waals surface area contributed by atoms with Crippen molar-refractivity contribution in [2.24, 2.45) is 0 Å². The van der Waals surface area contributed by atoms with Crippen LogP contribution in [0.15, 0.2) is 18.2 Å². The maximum atomic E-state index is 11.6. The number of amides is 1. The Kier molecular flexibility index (Phi) is 2.63. The average molecular weight is 247 g/mol. The molecule has 1 saturated heterocycles. The quantitative estimate of drug-likeness (QED) is 0.812. The van der Waals surface area contributed by atoms with E-state index in [0.29, 0.717) is 6.04 Å². The van der Waals surface area contributed by atoms with Gasteiger partial charge in [0.05, 0.1) is 11.7 Å². The van der Waals surface area contributed by atoms with Gasteiger partial charge in [-0.05, 0) is 25.1 Å². The van der Waals surface area contributed by atoms with E-state index in [1.54, 1.807) is 6.92 Å². The van der Waals surface area contributed by atoms with E-state index < -0.39 is 6.10 Å². The Morgan fingerprint density at radius 1 is 1.39 bits per heavy atom. The van der Waals surface area contributed by atoms with Crippen molar-refractivity contribution < 1.29 is 9.53 Å². The number of nitrogens with zero attached hydrogens (tertiary/aromatic N) is 1. The second-order valence-electron chi connectivity index (χ2n) is 4.85. The fraction of sp³-hybridized carbons (Fsp3) is 0.462. The van der Waals surface area contributed by atoms with Crippen LogP contribution in [0.1, 0.15) is 6.92 Å². The highest BCUT2D eigenvalue weighted by Crippen LogP contribution is 2.33. The molecule has 1 fully saturated rings. The number of carbonyl (C=O) groups excluding carboxylic acids is 1. The molecule has 2 aliphatic rings. The van der Waals surface area contributed by atoms with E-state index in [-0.39, 0.29) is 5.91 Å². The smallest absolute Gasteiger partial charge is 0.265 e. The lowest BCUT2D eigenvalue weighted by Gasteiger charge is -2.37. The zero-order chi connectivity index (χ0) is 12.7. The van der Waals surface area contributed by atoms with Crippen LogP contribution in [0.2, 0.25) is 0 Å². The molecule has 0 bridgehead atoms. The van der Waals surface area contributed by atoms with Crippen LogP contribution in [-0.4, -0.2) is 38.2 Å². The first-order valence-electron chi connectivity index (χ1n) is 6.20. The van der Waals surface area contributed by atoms with E-state index in [9.17, 15) is 4.79 Å². The topological polar surface area (TPSA) is 53.6 Å². The number of anilines is 2. The molecule has 0 saturated carbocycles. The van der Waals surface area contributed by atoms with Crippen LogP contribution in [0.25, 0.3) is 0 Å². The summed E-state index contributed by atoms with van der Waals surface area (Å²) < 4.78 is 5.54. The van der Waals surface area contributed by atoms with Crippen LogP contribution < -0.4 is 20.3 Å². The fourth-order valence-electron chi connectivity index (χ4n) is 2.17. The normalized spacial score (nSPS) is 22.6. The summed E-state index contributed by atoms with van der Waals surface area (Å²) in [5.41, 5.74) is 1.86. The molecule has 1 unspecified atom stereocenters. The summed E-state index contributed by atoms with van der Waals surface area (Å²) in [6.45, 7) is 3.76. The summed E-state index contributed by atoms with van der Waals surface area (Å²) >= 11 is 0. The third-order valence-corrected chi connectivity index (χ3v) is 3.61. The largest absolute Gasteiger partial charge is 0.479 e. The Balaban J connectivity index is 1.86. The van der Waals surface area contributed by atoms with E-state index in [2.05, 4.69) is 22.6 Å².